The Labute approximate surface area is 187 Å². The van der Waals surface area contributed by atoms with E-state index in [4.69, 9.17) is 9.47 Å². The van der Waals surface area contributed by atoms with Crippen molar-refractivity contribution in [2.45, 2.75) is 41.0 Å². The standard InChI is InChI=1S/C21H19N3O4.2C2H6/c1-11-5-4-6-13-19(11)22-10-12(20(13)25)7-18-23-15-9-17(28-3)16(27-2)8-14(15)21(26)24-18;2*1-2/h4-6,8-10H,7H2,1-3H3,(H,22,25)(H,23,24,26);2*1-2H3. The molecule has 0 aliphatic heterocycles. The Morgan fingerprint density at radius 2 is 1.59 bits per heavy atom. The Hall–Kier alpha value is -3.61. The molecule has 0 spiro atoms. The summed E-state index contributed by atoms with van der Waals surface area (Å²) in [4.78, 5) is 35.8. The number of ether oxygens (including phenoxy) is 2. The fourth-order valence-electron chi connectivity index (χ4n) is 3.36. The number of aryl methyl sites for hydroxylation is 1. The monoisotopic (exact) mass is 437 g/mol. The van der Waals surface area contributed by atoms with Crippen molar-refractivity contribution in [3.63, 3.8) is 0 Å². The molecule has 2 aromatic carbocycles. The number of aromatic amines is 2. The van der Waals surface area contributed by atoms with Gasteiger partial charge in [-0.1, -0.05) is 39.8 Å². The van der Waals surface area contributed by atoms with Crippen LogP contribution in [0.2, 0.25) is 0 Å². The van der Waals surface area contributed by atoms with Gasteiger partial charge in [-0.05, 0) is 24.6 Å². The first kappa shape index (κ1) is 24.7. The first-order valence-corrected chi connectivity index (χ1v) is 10.8. The SMILES string of the molecule is CC.CC.COc1cc2nc(Cc3c[nH]c4c(C)cccc4c3=O)[nH]c(=O)c2cc1OC. The molecular weight excluding hydrogens is 406 g/mol. The van der Waals surface area contributed by atoms with Crippen LogP contribution >= 0.6 is 0 Å². The van der Waals surface area contributed by atoms with Crippen molar-refractivity contribution < 1.29 is 9.47 Å². The van der Waals surface area contributed by atoms with Crippen LogP contribution in [0.1, 0.15) is 44.6 Å². The zero-order valence-electron chi connectivity index (χ0n) is 19.8. The number of H-pyrrole nitrogens is 2. The van der Waals surface area contributed by atoms with Gasteiger partial charge in [-0.2, -0.15) is 0 Å². The molecule has 4 rings (SSSR count). The van der Waals surface area contributed by atoms with Crippen molar-refractivity contribution in [3.05, 3.63) is 74.1 Å². The second-order valence-corrected chi connectivity index (χ2v) is 6.55. The fraction of sp³-hybridized carbons (Fsp3) is 0.320. The Morgan fingerprint density at radius 3 is 2.25 bits per heavy atom. The number of nitrogens with one attached hydrogen (secondary N) is 2. The lowest BCUT2D eigenvalue weighted by molar-refractivity contribution is 0.355. The number of aromatic nitrogens is 3. The fourth-order valence-corrected chi connectivity index (χ4v) is 3.36. The van der Waals surface area contributed by atoms with Gasteiger partial charge >= 0.3 is 0 Å². The van der Waals surface area contributed by atoms with Gasteiger partial charge in [0, 0.05) is 29.6 Å². The van der Waals surface area contributed by atoms with E-state index in [1.807, 2.05) is 46.8 Å². The highest BCUT2D eigenvalue weighted by Gasteiger charge is 2.13. The van der Waals surface area contributed by atoms with Crippen LogP contribution in [-0.2, 0) is 6.42 Å². The van der Waals surface area contributed by atoms with Crippen molar-refractivity contribution in [3.8, 4) is 11.5 Å². The first-order valence-electron chi connectivity index (χ1n) is 10.8. The van der Waals surface area contributed by atoms with Gasteiger partial charge in [-0.25, -0.2) is 4.98 Å². The van der Waals surface area contributed by atoms with E-state index in [1.54, 1.807) is 24.4 Å². The molecule has 32 heavy (non-hydrogen) atoms. The Morgan fingerprint density at radius 1 is 0.938 bits per heavy atom. The average molecular weight is 438 g/mol. The number of benzene rings is 2. The predicted octanol–water partition coefficient (Wildman–Crippen LogP) is 4.73. The van der Waals surface area contributed by atoms with Crippen LogP contribution in [0.4, 0.5) is 0 Å². The molecule has 2 N–H and O–H groups in total. The zero-order valence-corrected chi connectivity index (χ0v) is 19.8. The quantitative estimate of drug-likeness (QED) is 0.481. The van der Waals surface area contributed by atoms with Gasteiger partial charge in [0.05, 0.1) is 30.6 Å². The second kappa shape index (κ2) is 11.1. The van der Waals surface area contributed by atoms with Crippen molar-refractivity contribution in [1.82, 2.24) is 15.0 Å². The average Bonchev–Trinajstić information content (AvgIpc) is 2.83. The smallest absolute Gasteiger partial charge is 0.258 e. The van der Waals surface area contributed by atoms with Crippen LogP contribution in [0.5, 0.6) is 11.5 Å². The lowest BCUT2D eigenvalue weighted by Crippen LogP contribution is -2.16. The minimum absolute atomic E-state index is 0.0764. The number of para-hydroxylation sites is 1. The summed E-state index contributed by atoms with van der Waals surface area (Å²) >= 11 is 0. The van der Waals surface area contributed by atoms with Crippen LogP contribution < -0.4 is 20.5 Å². The molecule has 0 radical (unpaired) electrons. The van der Waals surface area contributed by atoms with E-state index in [9.17, 15) is 9.59 Å². The molecule has 2 heterocycles. The Balaban J connectivity index is 0.000000860. The highest BCUT2D eigenvalue weighted by atomic mass is 16.5. The molecule has 7 nitrogen and oxygen atoms in total. The molecule has 0 aliphatic rings. The number of rotatable bonds is 4. The van der Waals surface area contributed by atoms with Crippen LogP contribution in [0.3, 0.4) is 0 Å². The van der Waals surface area contributed by atoms with Gasteiger partial charge in [0.2, 0.25) is 0 Å². The Bertz CT molecular complexity index is 1320. The third-order valence-electron chi connectivity index (χ3n) is 4.82. The summed E-state index contributed by atoms with van der Waals surface area (Å²) in [5.41, 5.74) is 2.44. The number of methoxy groups -OCH3 is 2. The summed E-state index contributed by atoms with van der Waals surface area (Å²) in [7, 11) is 3.03. The number of fused-ring (bicyclic) bond motifs is 2. The molecule has 0 amide bonds. The van der Waals surface area contributed by atoms with Gasteiger partial charge in [0.1, 0.15) is 5.82 Å². The molecule has 170 valence electrons. The molecule has 0 saturated heterocycles. The van der Waals surface area contributed by atoms with Gasteiger partial charge in [0.25, 0.3) is 5.56 Å². The van der Waals surface area contributed by atoms with Crippen molar-refractivity contribution in [2.75, 3.05) is 14.2 Å². The highest BCUT2D eigenvalue weighted by molar-refractivity contribution is 5.83. The van der Waals surface area contributed by atoms with Crippen LogP contribution in [0, 0.1) is 6.92 Å². The van der Waals surface area contributed by atoms with E-state index in [0.29, 0.717) is 39.2 Å². The first-order chi connectivity index (χ1) is 15.5. The molecule has 7 heteroatoms. The minimum atomic E-state index is -0.297. The van der Waals surface area contributed by atoms with Crippen LogP contribution in [-0.4, -0.2) is 29.2 Å². The Kier molecular flexibility index (Phi) is 8.58. The maximum atomic E-state index is 12.8. The molecule has 0 atom stereocenters. The predicted molar refractivity (Wildman–Crippen MR) is 130 cm³/mol. The van der Waals surface area contributed by atoms with E-state index in [-0.39, 0.29) is 17.4 Å². The second-order valence-electron chi connectivity index (χ2n) is 6.55. The zero-order chi connectivity index (χ0) is 23.8. The van der Waals surface area contributed by atoms with Crippen molar-refractivity contribution in [1.29, 1.82) is 0 Å². The number of hydrogen-bond donors (Lipinski definition) is 2. The van der Waals surface area contributed by atoms with Gasteiger partial charge in [-0.3, -0.25) is 9.59 Å². The number of pyridine rings is 1. The lowest BCUT2D eigenvalue weighted by Gasteiger charge is -2.09. The van der Waals surface area contributed by atoms with Gasteiger partial charge in [-0.15, -0.1) is 0 Å². The normalized spacial score (nSPS) is 10.1. The number of nitrogens with zero attached hydrogens (tertiary/aromatic N) is 1. The topological polar surface area (TPSA) is 97.1 Å². The molecule has 2 aromatic heterocycles. The molecule has 0 aliphatic carbocycles. The van der Waals surface area contributed by atoms with E-state index in [0.717, 1.165) is 11.1 Å². The van der Waals surface area contributed by atoms with E-state index in [2.05, 4.69) is 15.0 Å². The largest absolute Gasteiger partial charge is 0.493 e. The maximum absolute atomic E-state index is 12.8. The van der Waals surface area contributed by atoms with Gasteiger partial charge < -0.3 is 19.4 Å². The van der Waals surface area contributed by atoms with Crippen molar-refractivity contribution in [2.24, 2.45) is 0 Å². The molecule has 4 aromatic rings. The molecule has 0 fully saturated rings. The lowest BCUT2D eigenvalue weighted by atomic mass is 10.1. The maximum Gasteiger partial charge on any atom is 0.258 e. The van der Waals surface area contributed by atoms with Gasteiger partial charge in [0.15, 0.2) is 16.9 Å². The summed E-state index contributed by atoms with van der Waals surface area (Å²) in [5.74, 6) is 1.34. The van der Waals surface area contributed by atoms with E-state index in [1.165, 1.54) is 14.2 Å². The molecule has 0 unspecified atom stereocenters. The van der Waals surface area contributed by atoms with E-state index < -0.39 is 0 Å². The summed E-state index contributed by atoms with van der Waals surface area (Å²) < 4.78 is 10.5. The summed E-state index contributed by atoms with van der Waals surface area (Å²) in [6, 6.07) is 8.84. The molecule has 0 saturated carbocycles. The minimum Gasteiger partial charge on any atom is -0.493 e. The number of hydrogen-bond acceptors (Lipinski definition) is 5. The molecule has 0 bridgehead atoms. The highest BCUT2D eigenvalue weighted by Crippen LogP contribution is 2.30. The molecular formula is C25H31N3O4. The van der Waals surface area contributed by atoms with Crippen molar-refractivity contribution >= 4 is 21.8 Å². The van der Waals surface area contributed by atoms with E-state index >= 15 is 0 Å². The summed E-state index contributed by atoms with van der Waals surface area (Å²) in [5, 5.41) is 1.01. The van der Waals surface area contributed by atoms with Crippen LogP contribution in [0.15, 0.2) is 46.1 Å². The van der Waals surface area contributed by atoms with Crippen LogP contribution in [0.25, 0.3) is 21.8 Å². The third kappa shape index (κ3) is 4.82. The summed E-state index contributed by atoms with van der Waals surface area (Å²) in [6.07, 6.45) is 1.88. The summed E-state index contributed by atoms with van der Waals surface area (Å²) in [6.45, 7) is 9.95. The third-order valence-corrected chi connectivity index (χ3v) is 4.82.